The van der Waals surface area contributed by atoms with Crippen molar-refractivity contribution in [2.24, 2.45) is 0 Å². The Labute approximate surface area is 172 Å². The molecule has 1 aromatic rings. The molecule has 0 spiro atoms. The first kappa shape index (κ1) is 23.7. The van der Waals surface area contributed by atoms with Crippen LogP contribution in [0.25, 0.3) is 0 Å². The molecule has 0 unspecified atom stereocenters. The monoisotopic (exact) mass is 410 g/mol. The molecule has 0 aliphatic heterocycles. The van der Waals surface area contributed by atoms with Crippen LogP contribution >= 0.6 is 0 Å². The third-order valence-electron chi connectivity index (χ3n) is 5.43. The van der Waals surface area contributed by atoms with Crippen molar-refractivity contribution in [3.8, 4) is 11.5 Å². The van der Waals surface area contributed by atoms with Gasteiger partial charge in [-0.25, -0.2) is 0 Å². The summed E-state index contributed by atoms with van der Waals surface area (Å²) in [6, 6.07) is 7.86. The maximum atomic E-state index is 11.1. The molecule has 1 aromatic carbocycles. The molecule has 0 aromatic heterocycles. The highest BCUT2D eigenvalue weighted by Crippen LogP contribution is 2.33. The van der Waals surface area contributed by atoms with E-state index in [0.29, 0.717) is 0 Å². The topological polar surface area (TPSA) is 40.5 Å². The molecule has 1 rings (SSSR count). The number of phenolic OH excluding ortho intramolecular Hbond substituents is 2. The molecule has 0 atom stereocenters. The lowest BCUT2D eigenvalue weighted by Gasteiger charge is -2.39. The van der Waals surface area contributed by atoms with E-state index in [0.717, 1.165) is 46.6 Å². The highest BCUT2D eigenvalue weighted by molar-refractivity contribution is 7.03. The van der Waals surface area contributed by atoms with Crippen molar-refractivity contribution in [2.45, 2.75) is 36.3 Å². The minimum absolute atomic E-state index is 0.249. The van der Waals surface area contributed by atoms with Crippen molar-refractivity contribution < 1.29 is 10.2 Å². The summed E-state index contributed by atoms with van der Waals surface area (Å²) in [4.78, 5) is 0. The fourth-order valence-electron chi connectivity index (χ4n) is 4.42. The van der Waals surface area contributed by atoms with Gasteiger partial charge in [0.15, 0.2) is 0 Å². The molecule has 0 saturated heterocycles. The lowest BCUT2D eigenvalue weighted by molar-refractivity contribution is 0.466. The number of aromatic hydroxyl groups is 2. The van der Waals surface area contributed by atoms with E-state index in [1.807, 2.05) is 36.5 Å². The zero-order valence-electron chi connectivity index (χ0n) is 17.0. The van der Waals surface area contributed by atoms with Crippen LogP contribution in [-0.2, 0) is 0 Å². The predicted octanol–water partition coefficient (Wildman–Crippen LogP) is 5.53. The van der Waals surface area contributed by atoms with Gasteiger partial charge in [-0.1, -0.05) is 36.5 Å². The molecule has 0 fully saturated rings. The van der Waals surface area contributed by atoms with E-state index >= 15 is 0 Å². The van der Waals surface area contributed by atoms with Crippen LogP contribution in [0.1, 0.15) is 0 Å². The number of rotatable bonds is 14. The summed E-state index contributed by atoms with van der Waals surface area (Å²) in [6.07, 6.45) is 11.5. The van der Waals surface area contributed by atoms with Crippen molar-refractivity contribution in [1.29, 1.82) is 0 Å². The third kappa shape index (κ3) is 4.75. The van der Waals surface area contributed by atoms with Crippen molar-refractivity contribution in [2.75, 3.05) is 0 Å². The highest BCUT2D eigenvalue weighted by atomic mass is 28.3. The lowest BCUT2D eigenvalue weighted by Crippen LogP contribution is -2.62. The van der Waals surface area contributed by atoms with Gasteiger partial charge in [0.1, 0.15) is 27.6 Å². The molecule has 0 saturated carbocycles. The minimum atomic E-state index is -2.32. The van der Waals surface area contributed by atoms with Gasteiger partial charge in [0, 0.05) is 0 Å². The molecule has 0 amide bonds. The van der Waals surface area contributed by atoms with E-state index in [1.165, 1.54) is 0 Å². The summed E-state index contributed by atoms with van der Waals surface area (Å²) in [5.41, 5.74) is 0. The maximum Gasteiger partial charge on any atom is 0.115 e. The van der Waals surface area contributed by atoms with Crippen LogP contribution in [0.15, 0.2) is 88.1 Å². The zero-order valence-corrected chi connectivity index (χ0v) is 19.0. The van der Waals surface area contributed by atoms with Crippen LogP contribution < -0.4 is 10.4 Å². The molecule has 0 aliphatic rings. The summed E-state index contributed by atoms with van der Waals surface area (Å²) in [7, 11) is -4.64. The Bertz CT molecular complexity index is 633. The van der Waals surface area contributed by atoms with Crippen molar-refractivity contribution >= 4 is 26.5 Å². The second-order valence-electron chi connectivity index (χ2n) is 7.37. The SMILES string of the molecule is C=CC[Si](CC=C)(CC=C)c1c(O)ccc(O)c1[Si](CC=C)(CC=C)CC=C. The van der Waals surface area contributed by atoms with Crippen LogP contribution in [0.2, 0.25) is 36.3 Å². The van der Waals surface area contributed by atoms with E-state index in [9.17, 15) is 10.2 Å². The fraction of sp³-hybridized carbons (Fsp3) is 0.250. The van der Waals surface area contributed by atoms with Crippen LogP contribution in [-0.4, -0.2) is 26.4 Å². The average molecular weight is 411 g/mol. The molecular formula is C24H34O2Si2. The van der Waals surface area contributed by atoms with Gasteiger partial charge < -0.3 is 10.2 Å². The molecule has 28 heavy (non-hydrogen) atoms. The van der Waals surface area contributed by atoms with Crippen molar-refractivity contribution in [3.05, 3.63) is 88.1 Å². The number of allylic oxidation sites excluding steroid dienone is 6. The molecule has 0 heterocycles. The first-order chi connectivity index (χ1) is 13.4. The Morgan fingerprint density at radius 3 is 0.929 bits per heavy atom. The Hall–Kier alpha value is -2.31. The zero-order chi connectivity index (χ0) is 21.2. The van der Waals surface area contributed by atoms with Gasteiger partial charge in [-0.15, -0.1) is 39.5 Å². The van der Waals surface area contributed by atoms with Gasteiger partial charge in [0.05, 0.1) is 0 Å². The average Bonchev–Trinajstić information content (AvgIpc) is 2.64. The second-order valence-corrected chi connectivity index (χ2v) is 15.9. The molecule has 2 N–H and O–H groups in total. The second kappa shape index (κ2) is 10.9. The maximum absolute atomic E-state index is 11.1. The van der Waals surface area contributed by atoms with Gasteiger partial charge in [0.2, 0.25) is 0 Å². The van der Waals surface area contributed by atoms with Crippen LogP contribution in [0, 0.1) is 0 Å². The van der Waals surface area contributed by atoms with Crippen LogP contribution in [0.3, 0.4) is 0 Å². The first-order valence-corrected chi connectivity index (χ1v) is 14.9. The van der Waals surface area contributed by atoms with E-state index in [4.69, 9.17) is 0 Å². The largest absolute Gasteiger partial charge is 0.508 e. The highest BCUT2D eigenvalue weighted by Gasteiger charge is 2.44. The lowest BCUT2D eigenvalue weighted by atomic mass is 10.3. The Morgan fingerprint density at radius 2 is 0.750 bits per heavy atom. The Morgan fingerprint density at radius 1 is 0.536 bits per heavy atom. The molecule has 0 bridgehead atoms. The van der Waals surface area contributed by atoms with Gasteiger partial charge >= 0.3 is 0 Å². The van der Waals surface area contributed by atoms with Gasteiger partial charge in [-0.2, -0.15) is 0 Å². The van der Waals surface area contributed by atoms with E-state index < -0.39 is 16.1 Å². The number of phenols is 2. The van der Waals surface area contributed by atoms with E-state index in [2.05, 4.69) is 39.5 Å². The Kier molecular flexibility index (Phi) is 9.22. The summed E-state index contributed by atoms with van der Waals surface area (Å²) < 4.78 is 0. The fourth-order valence-corrected chi connectivity index (χ4v) is 14.1. The first-order valence-electron chi connectivity index (χ1n) is 9.63. The molecule has 150 valence electrons. The van der Waals surface area contributed by atoms with Gasteiger partial charge in [-0.3, -0.25) is 0 Å². The molecule has 0 radical (unpaired) electrons. The Balaban J connectivity index is 4.06. The van der Waals surface area contributed by atoms with Crippen molar-refractivity contribution in [3.63, 3.8) is 0 Å². The molecule has 0 aliphatic carbocycles. The molecular weight excluding hydrogens is 376 g/mol. The number of hydrogen-bond acceptors (Lipinski definition) is 2. The van der Waals surface area contributed by atoms with Crippen LogP contribution in [0.4, 0.5) is 0 Å². The number of benzene rings is 1. The number of hydrogen-bond donors (Lipinski definition) is 2. The minimum Gasteiger partial charge on any atom is -0.508 e. The standard InChI is InChI=1S/C24H34O2Si2/c1-7-15-27(16-8-2,17-9-3)23-21(25)13-14-22(26)24(23)28(18-10-4,19-11-5)20-12-6/h7-14,25-26H,1-6,15-20H2. The predicted molar refractivity (Wildman–Crippen MR) is 131 cm³/mol. The van der Waals surface area contributed by atoms with E-state index in [1.54, 1.807) is 12.1 Å². The third-order valence-corrected chi connectivity index (χ3v) is 15.2. The van der Waals surface area contributed by atoms with Gasteiger partial charge in [0.25, 0.3) is 0 Å². The molecule has 2 nitrogen and oxygen atoms in total. The summed E-state index contributed by atoms with van der Waals surface area (Å²) in [6.45, 7) is 23.8. The van der Waals surface area contributed by atoms with Gasteiger partial charge in [-0.05, 0) is 58.8 Å². The quantitative estimate of drug-likeness (QED) is 0.241. The summed E-state index contributed by atoms with van der Waals surface area (Å²) in [5, 5.41) is 24.0. The smallest absolute Gasteiger partial charge is 0.115 e. The normalized spacial score (nSPS) is 11.4. The van der Waals surface area contributed by atoms with Crippen LogP contribution in [0.5, 0.6) is 11.5 Å². The summed E-state index contributed by atoms with van der Waals surface area (Å²) >= 11 is 0. The summed E-state index contributed by atoms with van der Waals surface area (Å²) in [5.74, 6) is 0.498. The molecule has 4 heteroatoms. The van der Waals surface area contributed by atoms with Crippen molar-refractivity contribution in [1.82, 2.24) is 0 Å². The van der Waals surface area contributed by atoms with E-state index in [-0.39, 0.29) is 11.5 Å².